The SMILES string of the molecule is COc1cc2c(cc1F)nc(N)n2C(C)C(C)C. The highest BCUT2D eigenvalue weighted by atomic mass is 19.1. The first-order valence-electron chi connectivity index (χ1n) is 5.96. The molecular formula is C13H18FN3O. The summed E-state index contributed by atoms with van der Waals surface area (Å²) in [5, 5.41) is 0. The van der Waals surface area contributed by atoms with Crippen molar-refractivity contribution in [2.75, 3.05) is 12.8 Å². The van der Waals surface area contributed by atoms with Gasteiger partial charge in [0.2, 0.25) is 5.95 Å². The van der Waals surface area contributed by atoms with Crippen LogP contribution in [0.25, 0.3) is 11.0 Å². The number of benzene rings is 1. The van der Waals surface area contributed by atoms with Crippen molar-refractivity contribution in [3.63, 3.8) is 0 Å². The molecule has 1 aromatic carbocycles. The van der Waals surface area contributed by atoms with Gasteiger partial charge < -0.3 is 15.0 Å². The van der Waals surface area contributed by atoms with Crippen LogP contribution in [0, 0.1) is 11.7 Å². The average Bonchev–Trinajstić information content (AvgIpc) is 2.61. The number of anilines is 1. The van der Waals surface area contributed by atoms with Crippen LogP contribution in [-0.2, 0) is 0 Å². The lowest BCUT2D eigenvalue weighted by molar-refractivity contribution is 0.386. The summed E-state index contributed by atoms with van der Waals surface area (Å²) in [4.78, 5) is 4.20. The fraction of sp³-hybridized carbons (Fsp3) is 0.462. The molecule has 0 aliphatic rings. The molecule has 0 spiro atoms. The van der Waals surface area contributed by atoms with Crippen molar-refractivity contribution in [2.24, 2.45) is 5.92 Å². The van der Waals surface area contributed by atoms with Crippen molar-refractivity contribution in [3.05, 3.63) is 17.9 Å². The number of fused-ring (bicyclic) bond motifs is 1. The van der Waals surface area contributed by atoms with Crippen molar-refractivity contribution in [1.82, 2.24) is 9.55 Å². The van der Waals surface area contributed by atoms with Crippen molar-refractivity contribution in [2.45, 2.75) is 26.8 Å². The summed E-state index contributed by atoms with van der Waals surface area (Å²) < 4.78 is 20.5. The second kappa shape index (κ2) is 4.48. The number of nitrogens with zero attached hydrogens (tertiary/aromatic N) is 2. The van der Waals surface area contributed by atoms with Gasteiger partial charge >= 0.3 is 0 Å². The number of rotatable bonds is 3. The number of methoxy groups -OCH3 is 1. The minimum absolute atomic E-state index is 0.185. The normalized spacial score (nSPS) is 13.2. The number of nitrogen functional groups attached to an aromatic ring is 1. The van der Waals surface area contributed by atoms with Gasteiger partial charge in [-0.15, -0.1) is 0 Å². The third-order valence-corrected chi connectivity index (χ3v) is 3.36. The van der Waals surface area contributed by atoms with Gasteiger partial charge in [-0.05, 0) is 12.8 Å². The van der Waals surface area contributed by atoms with Crippen LogP contribution in [0.1, 0.15) is 26.8 Å². The van der Waals surface area contributed by atoms with Crippen molar-refractivity contribution in [1.29, 1.82) is 0 Å². The van der Waals surface area contributed by atoms with E-state index in [2.05, 4.69) is 25.8 Å². The smallest absolute Gasteiger partial charge is 0.201 e. The van der Waals surface area contributed by atoms with Crippen LogP contribution in [0.2, 0.25) is 0 Å². The van der Waals surface area contributed by atoms with Crippen molar-refractivity contribution < 1.29 is 9.13 Å². The molecule has 0 saturated heterocycles. The molecule has 18 heavy (non-hydrogen) atoms. The van der Waals surface area contributed by atoms with E-state index >= 15 is 0 Å². The molecule has 0 aliphatic heterocycles. The van der Waals surface area contributed by atoms with E-state index in [4.69, 9.17) is 10.5 Å². The number of hydrogen-bond donors (Lipinski definition) is 1. The standard InChI is InChI=1S/C13H18FN3O/c1-7(2)8(3)17-11-6-12(18-4)9(14)5-10(11)16-13(17)15/h5-8H,1-4H3,(H2,15,16). The molecule has 98 valence electrons. The Bertz CT molecular complexity index is 577. The molecule has 0 fully saturated rings. The summed E-state index contributed by atoms with van der Waals surface area (Å²) in [6.45, 7) is 6.28. The molecule has 5 heteroatoms. The molecule has 1 unspecified atom stereocenters. The van der Waals surface area contributed by atoms with Gasteiger partial charge in [-0.2, -0.15) is 0 Å². The monoisotopic (exact) mass is 251 g/mol. The fourth-order valence-electron chi connectivity index (χ4n) is 2.00. The number of nitrogens with two attached hydrogens (primary N) is 1. The van der Waals surface area contributed by atoms with Gasteiger partial charge in [-0.1, -0.05) is 13.8 Å². The van der Waals surface area contributed by atoms with E-state index in [0.717, 1.165) is 5.52 Å². The first-order valence-corrected chi connectivity index (χ1v) is 5.96. The Labute approximate surface area is 106 Å². The maximum Gasteiger partial charge on any atom is 0.201 e. The molecule has 0 aliphatic carbocycles. The number of ether oxygens (including phenoxy) is 1. The van der Waals surface area contributed by atoms with Gasteiger partial charge in [0, 0.05) is 18.2 Å². The van der Waals surface area contributed by atoms with Crippen molar-refractivity contribution >= 4 is 17.0 Å². The van der Waals surface area contributed by atoms with Crippen LogP contribution in [0.3, 0.4) is 0 Å². The highest BCUT2D eigenvalue weighted by Gasteiger charge is 2.18. The summed E-state index contributed by atoms with van der Waals surface area (Å²) in [5.41, 5.74) is 7.27. The first-order chi connectivity index (χ1) is 8.45. The van der Waals surface area contributed by atoms with E-state index in [0.29, 0.717) is 17.4 Å². The Morgan fingerprint density at radius 1 is 1.33 bits per heavy atom. The van der Waals surface area contributed by atoms with E-state index < -0.39 is 5.82 Å². The Balaban J connectivity index is 2.69. The Kier molecular flexibility index (Phi) is 3.15. The summed E-state index contributed by atoms with van der Waals surface area (Å²) >= 11 is 0. The molecule has 1 aromatic heterocycles. The molecule has 4 nitrogen and oxygen atoms in total. The summed E-state index contributed by atoms with van der Waals surface area (Å²) in [6.07, 6.45) is 0. The van der Waals surface area contributed by atoms with Gasteiger partial charge in [-0.25, -0.2) is 9.37 Å². The van der Waals surface area contributed by atoms with Gasteiger partial charge in [-0.3, -0.25) is 0 Å². The second-order valence-electron chi connectivity index (χ2n) is 4.80. The van der Waals surface area contributed by atoms with Crippen molar-refractivity contribution in [3.8, 4) is 5.75 Å². The fourth-order valence-corrected chi connectivity index (χ4v) is 2.00. The third kappa shape index (κ3) is 1.89. The minimum Gasteiger partial charge on any atom is -0.494 e. The number of imidazole rings is 1. The molecule has 1 heterocycles. The largest absolute Gasteiger partial charge is 0.494 e. The first kappa shape index (κ1) is 12.7. The topological polar surface area (TPSA) is 53.1 Å². The predicted octanol–water partition coefficient (Wildman–Crippen LogP) is 2.98. The van der Waals surface area contributed by atoms with Crippen LogP contribution < -0.4 is 10.5 Å². The van der Waals surface area contributed by atoms with E-state index in [9.17, 15) is 4.39 Å². The Hall–Kier alpha value is -1.78. The van der Waals surface area contributed by atoms with Gasteiger partial charge in [0.15, 0.2) is 11.6 Å². The molecule has 1 atom stereocenters. The molecule has 2 rings (SSSR count). The van der Waals surface area contributed by atoms with Gasteiger partial charge in [0.05, 0.1) is 18.1 Å². The molecular weight excluding hydrogens is 233 g/mol. The van der Waals surface area contributed by atoms with Crippen LogP contribution in [0.5, 0.6) is 5.75 Å². The lowest BCUT2D eigenvalue weighted by atomic mass is 10.1. The zero-order valence-electron chi connectivity index (χ0n) is 11.1. The average molecular weight is 251 g/mol. The Morgan fingerprint density at radius 2 is 2.00 bits per heavy atom. The molecule has 0 amide bonds. The van der Waals surface area contributed by atoms with E-state index in [-0.39, 0.29) is 11.8 Å². The Morgan fingerprint density at radius 3 is 2.56 bits per heavy atom. The molecule has 2 aromatic rings. The van der Waals surface area contributed by atoms with Gasteiger partial charge in [0.25, 0.3) is 0 Å². The quantitative estimate of drug-likeness (QED) is 0.912. The number of aromatic nitrogens is 2. The lowest BCUT2D eigenvalue weighted by Crippen LogP contribution is -2.14. The molecule has 0 bridgehead atoms. The van der Waals surface area contributed by atoms with E-state index in [1.165, 1.54) is 13.2 Å². The van der Waals surface area contributed by atoms with Crippen LogP contribution in [0.15, 0.2) is 12.1 Å². The number of hydrogen-bond acceptors (Lipinski definition) is 3. The zero-order chi connectivity index (χ0) is 13.4. The van der Waals surface area contributed by atoms with Crippen LogP contribution in [-0.4, -0.2) is 16.7 Å². The zero-order valence-corrected chi connectivity index (χ0v) is 11.1. The molecule has 0 saturated carbocycles. The summed E-state index contributed by atoms with van der Waals surface area (Å²) in [7, 11) is 1.44. The lowest BCUT2D eigenvalue weighted by Gasteiger charge is -2.19. The van der Waals surface area contributed by atoms with E-state index in [1.807, 2.05) is 4.57 Å². The predicted molar refractivity (Wildman–Crippen MR) is 70.2 cm³/mol. The molecule has 0 radical (unpaired) electrons. The minimum atomic E-state index is -0.424. The van der Waals surface area contributed by atoms with E-state index in [1.54, 1.807) is 6.07 Å². The third-order valence-electron chi connectivity index (χ3n) is 3.36. The highest BCUT2D eigenvalue weighted by molar-refractivity contribution is 5.80. The summed E-state index contributed by atoms with van der Waals surface area (Å²) in [6, 6.07) is 3.19. The highest BCUT2D eigenvalue weighted by Crippen LogP contribution is 2.30. The molecule has 2 N–H and O–H groups in total. The summed E-state index contributed by atoms with van der Waals surface area (Å²) in [5.74, 6) is 0.589. The second-order valence-corrected chi connectivity index (χ2v) is 4.80. The number of halogens is 1. The van der Waals surface area contributed by atoms with Gasteiger partial charge in [0.1, 0.15) is 0 Å². The van der Waals surface area contributed by atoms with Crippen LogP contribution >= 0.6 is 0 Å². The maximum atomic E-state index is 13.6. The maximum absolute atomic E-state index is 13.6. The van der Waals surface area contributed by atoms with Crippen LogP contribution in [0.4, 0.5) is 10.3 Å².